The fraction of sp³-hybridized carbons (Fsp3) is 1.00. The maximum atomic E-state index is 8.48. The molecule has 2 nitrogen and oxygen atoms in total. The van der Waals surface area contributed by atoms with Gasteiger partial charge in [-0.05, 0) is 19.3 Å². The van der Waals surface area contributed by atoms with Gasteiger partial charge in [-0.1, -0.05) is 20.8 Å². The summed E-state index contributed by atoms with van der Waals surface area (Å²) in [5.41, 5.74) is -0.278. The number of hydrogen-bond donors (Lipinski definition) is 1. The molecule has 0 saturated heterocycles. The van der Waals surface area contributed by atoms with Gasteiger partial charge in [-0.3, -0.25) is 5.26 Å². The van der Waals surface area contributed by atoms with Gasteiger partial charge < -0.3 is 0 Å². The molecule has 0 bridgehead atoms. The minimum atomic E-state index is -0.278. The molecule has 0 fully saturated rings. The van der Waals surface area contributed by atoms with Crippen LogP contribution in [0.5, 0.6) is 0 Å². The van der Waals surface area contributed by atoms with Crippen LogP contribution in [0.3, 0.4) is 0 Å². The molecule has 0 saturated carbocycles. The molecule has 1 N–H and O–H groups in total. The van der Waals surface area contributed by atoms with Crippen LogP contribution in [0.2, 0.25) is 0 Å². The molecule has 0 aromatic heterocycles. The zero-order chi connectivity index (χ0) is 7.33. The Hall–Kier alpha value is -0.0800. The molecule has 2 heteroatoms. The lowest BCUT2D eigenvalue weighted by molar-refractivity contribution is -0.326. The Balaban J connectivity index is 3.82. The Bertz CT molecular complexity index is 49.8. The first-order valence-electron chi connectivity index (χ1n) is 3.57. The molecule has 0 aromatic rings. The maximum absolute atomic E-state index is 8.48. The second kappa shape index (κ2) is 3.85. The third-order valence-electron chi connectivity index (χ3n) is 2.13. The monoisotopic (exact) mass is 132 g/mol. The van der Waals surface area contributed by atoms with Gasteiger partial charge in [-0.25, -0.2) is 4.89 Å². The van der Waals surface area contributed by atoms with E-state index in [1.807, 2.05) is 20.8 Å². The topological polar surface area (TPSA) is 29.5 Å². The molecule has 0 aromatic carbocycles. The van der Waals surface area contributed by atoms with Gasteiger partial charge in [0.25, 0.3) is 0 Å². The van der Waals surface area contributed by atoms with Crippen molar-refractivity contribution >= 4 is 0 Å². The van der Waals surface area contributed by atoms with Crippen molar-refractivity contribution in [1.82, 2.24) is 0 Å². The highest BCUT2D eigenvalue weighted by Crippen LogP contribution is 2.22. The number of rotatable bonds is 4. The molecule has 0 aliphatic carbocycles. The zero-order valence-corrected chi connectivity index (χ0v) is 6.48. The first kappa shape index (κ1) is 8.92. The van der Waals surface area contributed by atoms with E-state index in [4.69, 9.17) is 5.26 Å². The fourth-order valence-corrected chi connectivity index (χ4v) is 0.944. The second-order valence-electron chi connectivity index (χ2n) is 2.33. The van der Waals surface area contributed by atoms with Crippen molar-refractivity contribution in [3.63, 3.8) is 0 Å². The van der Waals surface area contributed by atoms with Crippen LogP contribution >= 0.6 is 0 Å². The van der Waals surface area contributed by atoms with Crippen molar-refractivity contribution in [3.05, 3.63) is 0 Å². The lowest BCUT2D eigenvalue weighted by Gasteiger charge is -2.25. The van der Waals surface area contributed by atoms with Crippen molar-refractivity contribution in [1.29, 1.82) is 0 Å². The SMILES string of the molecule is CCC(CC)(CC)OO. The maximum Gasteiger partial charge on any atom is 0.103 e. The summed E-state index contributed by atoms with van der Waals surface area (Å²) in [4.78, 5) is 4.39. The molecule has 0 unspecified atom stereocenters. The minimum Gasteiger partial charge on any atom is -0.251 e. The lowest BCUT2D eigenvalue weighted by atomic mass is 9.95. The zero-order valence-electron chi connectivity index (χ0n) is 6.48. The van der Waals surface area contributed by atoms with E-state index in [1.54, 1.807) is 0 Å². The molecule has 56 valence electrons. The Morgan fingerprint density at radius 1 is 1.11 bits per heavy atom. The average Bonchev–Trinajstić information content (AvgIpc) is 1.95. The van der Waals surface area contributed by atoms with Crippen molar-refractivity contribution in [2.24, 2.45) is 0 Å². The van der Waals surface area contributed by atoms with Crippen LogP contribution in [0.4, 0.5) is 0 Å². The quantitative estimate of drug-likeness (QED) is 0.470. The highest BCUT2D eigenvalue weighted by atomic mass is 17.1. The van der Waals surface area contributed by atoms with Gasteiger partial charge in [0.15, 0.2) is 0 Å². The van der Waals surface area contributed by atoms with E-state index in [0.717, 1.165) is 19.3 Å². The summed E-state index contributed by atoms with van der Waals surface area (Å²) in [6.07, 6.45) is 2.61. The van der Waals surface area contributed by atoms with Gasteiger partial charge in [0.2, 0.25) is 0 Å². The predicted octanol–water partition coefficient (Wildman–Crippen LogP) is 2.44. The third-order valence-corrected chi connectivity index (χ3v) is 2.13. The lowest BCUT2D eigenvalue weighted by Crippen LogP contribution is -2.28. The predicted molar refractivity (Wildman–Crippen MR) is 37.3 cm³/mol. The molecule has 0 aliphatic heterocycles. The molecule has 0 spiro atoms. The van der Waals surface area contributed by atoms with Gasteiger partial charge in [-0.15, -0.1) is 0 Å². The van der Waals surface area contributed by atoms with E-state index < -0.39 is 0 Å². The van der Waals surface area contributed by atoms with Crippen LogP contribution in [0.25, 0.3) is 0 Å². The summed E-state index contributed by atoms with van der Waals surface area (Å²) >= 11 is 0. The van der Waals surface area contributed by atoms with Crippen LogP contribution in [-0.4, -0.2) is 10.9 Å². The van der Waals surface area contributed by atoms with Crippen molar-refractivity contribution in [3.8, 4) is 0 Å². The van der Waals surface area contributed by atoms with Gasteiger partial charge in [0, 0.05) is 0 Å². The van der Waals surface area contributed by atoms with E-state index >= 15 is 0 Å². The van der Waals surface area contributed by atoms with Gasteiger partial charge in [0.1, 0.15) is 5.60 Å². The molecular weight excluding hydrogens is 116 g/mol. The third kappa shape index (κ3) is 1.95. The van der Waals surface area contributed by atoms with Crippen molar-refractivity contribution < 1.29 is 10.1 Å². The van der Waals surface area contributed by atoms with E-state index in [9.17, 15) is 0 Å². The minimum absolute atomic E-state index is 0.278. The Kier molecular flexibility index (Phi) is 3.82. The Labute approximate surface area is 56.8 Å². The normalized spacial score (nSPS) is 12.0. The summed E-state index contributed by atoms with van der Waals surface area (Å²) in [5.74, 6) is 0. The first-order valence-corrected chi connectivity index (χ1v) is 3.57. The standard InChI is InChI=1S/C7H16O2/c1-4-7(5-2,6-3)9-8/h8H,4-6H2,1-3H3. The molecule has 0 amide bonds. The van der Waals surface area contributed by atoms with Crippen LogP contribution in [0.15, 0.2) is 0 Å². The second-order valence-corrected chi connectivity index (χ2v) is 2.33. The highest BCUT2D eigenvalue weighted by Gasteiger charge is 2.24. The van der Waals surface area contributed by atoms with E-state index in [-0.39, 0.29) is 5.60 Å². The molecule has 0 heterocycles. The van der Waals surface area contributed by atoms with E-state index in [1.165, 1.54) is 0 Å². The van der Waals surface area contributed by atoms with E-state index in [0.29, 0.717) is 0 Å². The summed E-state index contributed by atoms with van der Waals surface area (Å²) in [7, 11) is 0. The van der Waals surface area contributed by atoms with Crippen LogP contribution < -0.4 is 0 Å². The molecule has 0 rings (SSSR count). The Morgan fingerprint density at radius 3 is 1.44 bits per heavy atom. The molecule has 0 atom stereocenters. The van der Waals surface area contributed by atoms with Gasteiger partial charge >= 0.3 is 0 Å². The largest absolute Gasteiger partial charge is 0.251 e. The summed E-state index contributed by atoms with van der Waals surface area (Å²) < 4.78 is 0. The first-order chi connectivity index (χ1) is 4.24. The van der Waals surface area contributed by atoms with Crippen LogP contribution in [0, 0.1) is 0 Å². The highest BCUT2D eigenvalue weighted by molar-refractivity contribution is 4.73. The summed E-state index contributed by atoms with van der Waals surface area (Å²) in [6, 6.07) is 0. The van der Waals surface area contributed by atoms with Gasteiger partial charge in [-0.2, -0.15) is 0 Å². The Morgan fingerprint density at radius 2 is 1.44 bits per heavy atom. The van der Waals surface area contributed by atoms with Crippen molar-refractivity contribution in [2.45, 2.75) is 45.6 Å². The van der Waals surface area contributed by atoms with Crippen LogP contribution in [0.1, 0.15) is 40.0 Å². The molecule has 0 aliphatic rings. The summed E-state index contributed by atoms with van der Waals surface area (Å²) in [5, 5.41) is 8.48. The summed E-state index contributed by atoms with van der Waals surface area (Å²) in [6.45, 7) is 6.05. The average molecular weight is 132 g/mol. The fourth-order valence-electron chi connectivity index (χ4n) is 0.944. The molecule has 0 radical (unpaired) electrons. The van der Waals surface area contributed by atoms with E-state index in [2.05, 4.69) is 4.89 Å². The number of hydrogen-bond acceptors (Lipinski definition) is 2. The smallest absolute Gasteiger partial charge is 0.103 e. The van der Waals surface area contributed by atoms with Crippen molar-refractivity contribution in [2.75, 3.05) is 0 Å². The van der Waals surface area contributed by atoms with Crippen LogP contribution in [-0.2, 0) is 4.89 Å². The molecule has 9 heavy (non-hydrogen) atoms. The molecular formula is C7H16O2. The van der Waals surface area contributed by atoms with Gasteiger partial charge in [0.05, 0.1) is 0 Å².